The van der Waals surface area contributed by atoms with Crippen LogP contribution in [0.15, 0.2) is 24.3 Å². The van der Waals surface area contributed by atoms with Crippen molar-refractivity contribution in [3.63, 3.8) is 0 Å². The molecule has 0 saturated carbocycles. The van der Waals surface area contributed by atoms with Crippen LogP contribution in [0.2, 0.25) is 0 Å². The van der Waals surface area contributed by atoms with Crippen molar-refractivity contribution in [1.82, 2.24) is 9.55 Å². The van der Waals surface area contributed by atoms with E-state index in [0.717, 1.165) is 35.5 Å². The lowest BCUT2D eigenvalue weighted by Gasteiger charge is -2.01. The van der Waals surface area contributed by atoms with Gasteiger partial charge in [0, 0.05) is 36.3 Å². The summed E-state index contributed by atoms with van der Waals surface area (Å²) in [5.41, 5.74) is 2.20. The van der Waals surface area contributed by atoms with E-state index in [9.17, 15) is 4.21 Å². The Labute approximate surface area is 98.0 Å². The molecule has 1 aromatic heterocycles. The molecule has 0 radical (unpaired) electrons. The van der Waals surface area contributed by atoms with E-state index in [1.807, 2.05) is 25.2 Å². The molecule has 0 N–H and O–H groups in total. The lowest BCUT2D eigenvalue weighted by molar-refractivity contribution is 0.682. The Morgan fingerprint density at radius 3 is 2.81 bits per heavy atom. The Morgan fingerprint density at radius 2 is 2.12 bits per heavy atom. The summed E-state index contributed by atoms with van der Waals surface area (Å²) in [6.45, 7) is 0. The van der Waals surface area contributed by atoms with E-state index in [2.05, 4.69) is 15.6 Å². The van der Waals surface area contributed by atoms with Crippen molar-refractivity contribution in [2.45, 2.75) is 12.8 Å². The summed E-state index contributed by atoms with van der Waals surface area (Å²) in [5, 5.41) is 0. The molecule has 0 aliphatic carbocycles. The Morgan fingerprint density at radius 1 is 1.38 bits per heavy atom. The summed E-state index contributed by atoms with van der Waals surface area (Å²) >= 11 is 0. The summed E-state index contributed by atoms with van der Waals surface area (Å²) in [6.07, 6.45) is 3.57. The van der Waals surface area contributed by atoms with E-state index in [4.69, 9.17) is 0 Å². The molecule has 0 aliphatic heterocycles. The van der Waals surface area contributed by atoms with Gasteiger partial charge in [-0.3, -0.25) is 4.21 Å². The van der Waals surface area contributed by atoms with Gasteiger partial charge < -0.3 is 4.57 Å². The minimum Gasteiger partial charge on any atom is -0.331 e. The minimum absolute atomic E-state index is 0.701. The normalized spacial score (nSPS) is 13.1. The average Bonchev–Trinajstić information content (AvgIpc) is 2.56. The Kier molecular flexibility index (Phi) is 3.39. The van der Waals surface area contributed by atoms with E-state index < -0.39 is 10.8 Å². The molecule has 0 fully saturated rings. The Hall–Kier alpha value is -1.16. The number of aromatic nitrogens is 2. The van der Waals surface area contributed by atoms with Crippen LogP contribution < -0.4 is 0 Å². The number of hydrogen-bond donors (Lipinski definition) is 0. The van der Waals surface area contributed by atoms with Crippen LogP contribution in [0.1, 0.15) is 12.2 Å². The first-order chi connectivity index (χ1) is 7.68. The molecular weight excluding hydrogens is 220 g/mol. The summed E-state index contributed by atoms with van der Waals surface area (Å²) in [6, 6.07) is 8.12. The molecule has 2 rings (SSSR count). The first-order valence-electron chi connectivity index (χ1n) is 5.39. The SMILES string of the molecule is Cn1c(CCCS(C)=O)nc2ccccc21. The van der Waals surface area contributed by atoms with Crippen molar-refractivity contribution in [2.24, 2.45) is 7.05 Å². The highest BCUT2D eigenvalue weighted by Crippen LogP contribution is 2.15. The standard InChI is InChI=1S/C12H16N2OS/c1-14-11-7-4-3-6-10(11)13-12(14)8-5-9-16(2)15/h3-4,6-7H,5,8-9H2,1-2H3. The number of benzene rings is 1. The molecule has 1 heterocycles. The van der Waals surface area contributed by atoms with Gasteiger partial charge in [-0.2, -0.15) is 0 Å². The molecule has 0 saturated heterocycles. The third kappa shape index (κ3) is 2.32. The maximum Gasteiger partial charge on any atom is 0.109 e. The van der Waals surface area contributed by atoms with Crippen LogP contribution >= 0.6 is 0 Å². The van der Waals surface area contributed by atoms with Crippen LogP contribution in [0.5, 0.6) is 0 Å². The second-order valence-corrected chi connectivity index (χ2v) is 5.51. The van der Waals surface area contributed by atoms with E-state index in [0.29, 0.717) is 0 Å². The third-order valence-corrected chi connectivity index (χ3v) is 3.58. The number of hydrogen-bond acceptors (Lipinski definition) is 2. The quantitative estimate of drug-likeness (QED) is 0.812. The molecule has 0 spiro atoms. The maximum absolute atomic E-state index is 11.0. The van der Waals surface area contributed by atoms with Crippen LogP contribution in [0.25, 0.3) is 11.0 Å². The van der Waals surface area contributed by atoms with E-state index >= 15 is 0 Å². The molecule has 0 amide bonds. The molecule has 0 aliphatic rings. The maximum atomic E-state index is 11.0. The van der Waals surface area contributed by atoms with Crippen molar-refractivity contribution >= 4 is 21.8 Å². The summed E-state index contributed by atoms with van der Waals surface area (Å²) in [5.74, 6) is 1.83. The van der Waals surface area contributed by atoms with Gasteiger partial charge in [-0.15, -0.1) is 0 Å². The molecule has 4 heteroatoms. The molecule has 1 atom stereocenters. The van der Waals surface area contributed by atoms with Crippen LogP contribution in [-0.2, 0) is 24.3 Å². The molecule has 16 heavy (non-hydrogen) atoms. The fourth-order valence-electron chi connectivity index (χ4n) is 1.85. The zero-order chi connectivity index (χ0) is 11.5. The average molecular weight is 236 g/mol. The first kappa shape index (κ1) is 11.3. The molecule has 1 aromatic carbocycles. The topological polar surface area (TPSA) is 34.9 Å². The summed E-state index contributed by atoms with van der Waals surface area (Å²) in [4.78, 5) is 4.57. The van der Waals surface area contributed by atoms with Gasteiger partial charge in [0.1, 0.15) is 5.82 Å². The van der Waals surface area contributed by atoms with Gasteiger partial charge in [0.2, 0.25) is 0 Å². The highest BCUT2D eigenvalue weighted by atomic mass is 32.2. The molecule has 3 nitrogen and oxygen atoms in total. The van der Waals surface area contributed by atoms with Crippen molar-refractivity contribution in [3.8, 4) is 0 Å². The van der Waals surface area contributed by atoms with Gasteiger partial charge in [0.05, 0.1) is 11.0 Å². The summed E-state index contributed by atoms with van der Waals surface area (Å²) in [7, 11) is 1.33. The molecule has 2 aromatic rings. The number of rotatable bonds is 4. The third-order valence-electron chi connectivity index (χ3n) is 2.71. The van der Waals surface area contributed by atoms with Crippen molar-refractivity contribution in [2.75, 3.05) is 12.0 Å². The van der Waals surface area contributed by atoms with Gasteiger partial charge in [-0.05, 0) is 18.6 Å². The van der Waals surface area contributed by atoms with Gasteiger partial charge in [-0.25, -0.2) is 4.98 Å². The smallest absolute Gasteiger partial charge is 0.109 e. The zero-order valence-corrected chi connectivity index (χ0v) is 10.5. The second kappa shape index (κ2) is 4.78. The highest BCUT2D eigenvalue weighted by molar-refractivity contribution is 7.84. The first-order valence-corrected chi connectivity index (χ1v) is 7.11. The highest BCUT2D eigenvalue weighted by Gasteiger charge is 2.06. The fourth-order valence-corrected chi connectivity index (χ4v) is 2.40. The molecule has 1 unspecified atom stereocenters. The molecule has 86 valence electrons. The van der Waals surface area contributed by atoms with Crippen molar-refractivity contribution in [3.05, 3.63) is 30.1 Å². The number of aryl methyl sites for hydroxylation is 2. The molecule has 0 bridgehead atoms. The largest absolute Gasteiger partial charge is 0.331 e. The van der Waals surface area contributed by atoms with Crippen LogP contribution in [-0.4, -0.2) is 25.8 Å². The van der Waals surface area contributed by atoms with Crippen LogP contribution in [0, 0.1) is 0 Å². The lowest BCUT2D eigenvalue weighted by atomic mass is 10.3. The number of nitrogens with zero attached hydrogens (tertiary/aromatic N) is 2. The zero-order valence-electron chi connectivity index (χ0n) is 9.64. The summed E-state index contributed by atoms with van der Waals surface area (Å²) < 4.78 is 13.1. The Balaban J connectivity index is 2.18. The van der Waals surface area contributed by atoms with Crippen LogP contribution in [0.3, 0.4) is 0 Å². The van der Waals surface area contributed by atoms with Crippen LogP contribution in [0.4, 0.5) is 0 Å². The van der Waals surface area contributed by atoms with E-state index in [1.165, 1.54) is 0 Å². The Bertz CT molecular complexity index is 519. The lowest BCUT2D eigenvalue weighted by Crippen LogP contribution is -2.01. The van der Waals surface area contributed by atoms with Gasteiger partial charge in [0.25, 0.3) is 0 Å². The number of imidazole rings is 1. The van der Waals surface area contributed by atoms with Gasteiger partial charge in [-0.1, -0.05) is 12.1 Å². The fraction of sp³-hybridized carbons (Fsp3) is 0.417. The minimum atomic E-state index is -0.701. The number of fused-ring (bicyclic) bond motifs is 1. The van der Waals surface area contributed by atoms with E-state index in [1.54, 1.807) is 6.26 Å². The van der Waals surface area contributed by atoms with Crippen molar-refractivity contribution < 1.29 is 4.21 Å². The van der Waals surface area contributed by atoms with Gasteiger partial charge in [0.15, 0.2) is 0 Å². The van der Waals surface area contributed by atoms with Gasteiger partial charge >= 0.3 is 0 Å². The predicted molar refractivity (Wildman–Crippen MR) is 68.0 cm³/mol. The monoisotopic (exact) mass is 236 g/mol. The number of para-hydroxylation sites is 2. The second-order valence-electron chi connectivity index (χ2n) is 3.96. The predicted octanol–water partition coefficient (Wildman–Crippen LogP) is 1.88. The van der Waals surface area contributed by atoms with Crippen molar-refractivity contribution in [1.29, 1.82) is 0 Å². The van der Waals surface area contributed by atoms with E-state index in [-0.39, 0.29) is 0 Å². The molecular formula is C12H16N2OS.